The van der Waals surface area contributed by atoms with Crippen molar-refractivity contribution in [1.29, 1.82) is 0 Å². The Morgan fingerprint density at radius 3 is 2.76 bits per heavy atom. The van der Waals surface area contributed by atoms with Crippen molar-refractivity contribution in [3.05, 3.63) is 33.8 Å². The first-order valence-electron chi connectivity index (χ1n) is 5.50. The van der Waals surface area contributed by atoms with Crippen LogP contribution in [0, 0.1) is 0 Å². The molecule has 1 unspecified atom stereocenters. The van der Waals surface area contributed by atoms with E-state index in [9.17, 15) is 4.79 Å². The molecule has 0 saturated carbocycles. The molecule has 1 aromatic carbocycles. The van der Waals surface area contributed by atoms with Crippen LogP contribution in [0.25, 0.3) is 0 Å². The van der Waals surface area contributed by atoms with Gasteiger partial charge in [0.2, 0.25) is 5.91 Å². The Balaban J connectivity index is 2.56. The fourth-order valence-corrected chi connectivity index (χ4v) is 1.75. The van der Waals surface area contributed by atoms with Gasteiger partial charge in [0.05, 0.1) is 16.1 Å². The summed E-state index contributed by atoms with van der Waals surface area (Å²) in [6.45, 7) is 4.84. The predicted octanol–water partition coefficient (Wildman–Crippen LogP) is 2.61. The van der Waals surface area contributed by atoms with Gasteiger partial charge in [0.15, 0.2) is 0 Å². The van der Waals surface area contributed by atoms with E-state index >= 15 is 0 Å². The predicted molar refractivity (Wildman–Crippen MR) is 71.4 cm³/mol. The van der Waals surface area contributed by atoms with Gasteiger partial charge < -0.3 is 10.6 Å². The largest absolute Gasteiger partial charge is 0.355 e. The number of likely N-dealkylation sites (N-methyl/N-ethyl adjacent to an activating group) is 1. The summed E-state index contributed by atoms with van der Waals surface area (Å²) in [4.78, 5) is 11.5. The lowest BCUT2D eigenvalue weighted by atomic mass is 10.2. The molecular weight excluding hydrogens is 259 g/mol. The summed E-state index contributed by atoms with van der Waals surface area (Å²) in [6, 6.07) is 5.19. The molecule has 0 heterocycles. The van der Waals surface area contributed by atoms with Crippen LogP contribution in [0.4, 0.5) is 0 Å². The van der Waals surface area contributed by atoms with Crippen LogP contribution in [0.5, 0.6) is 0 Å². The number of hydrogen-bond acceptors (Lipinski definition) is 2. The van der Waals surface area contributed by atoms with Crippen molar-refractivity contribution >= 4 is 29.1 Å². The average Bonchev–Trinajstić information content (AvgIpc) is 2.31. The van der Waals surface area contributed by atoms with Crippen LogP contribution in [0.15, 0.2) is 18.2 Å². The van der Waals surface area contributed by atoms with Crippen molar-refractivity contribution in [3.63, 3.8) is 0 Å². The zero-order chi connectivity index (χ0) is 12.8. The van der Waals surface area contributed by atoms with E-state index < -0.39 is 0 Å². The zero-order valence-corrected chi connectivity index (χ0v) is 11.4. The number of halogens is 2. The van der Waals surface area contributed by atoms with Crippen LogP contribution in [0.3, 0.4) is 0 Å². The summed E-state index contributed by atoms with van der Waals surface area (Å²) < 4.78 is 0. The molecule has 17 heavy (non-hydrogen) atoms. The van der Waals surface area contributed by atoms with Crippen molar-refractivity contribution in [2.75, 3.05) is 6.54 Å². The number of carbonyl (C=O) groups is 1. The number of benzene rings is 1. The van der Waals surface area contributed by atoms with Crippen LogP contribution >= 0.6 is 23.2 Å². The SMILES string of the molecule is CCNC(=O)C(C)NCc1cccc(Cl)c1Cl. The third-order valence-electron chi connectivity index (χ3n) is 2.37. The van der Waals surface area contributed by atoms with Gasteiger partial charge in [-0.3, -0.25) is 4.79 Å². The summed E-state index contributed by atoms with van der Waals surface area (Å²) in [5.74, 6) is -0.0225. The molecule has 0 aliphatic rings. The summed E-state index contributed by atoms with van der Waals surface area (Å²) in [7, 11) is 0. The fraction of sp³-hybridized carbons (Fsp3) is 0.417. The molecule has 1 atom stereocenters. The van der Waals surface area contributed by atoms with Crippen LogP contribution < -0.4 is 10.6 Å². The van der Waals surface area contributed by atoms with Crippen molar-refractivity contribution in [1.82, 2.24) is 10.6 Å². The van der Waals surface area contributed by atoms with Crippen LogP contribution in [-0.2, 0) is 11.3 Å². The quantitative estimate of drug-likeness (QED) is 0.867. The van der Waals surface area contributed by atoms with Gasteiger partial charge in [0.1, 0.15) is 0 Å². The number of amides is 1. The Bertz CT molecular complexity index is 396. The molecular formula is C12H16Cl2N2O. The fourth-order valence-electron chi connectivity index (χ4n) is 1.37. The highest BCUT2D eigenvalue weighted by atomic mass is 35.5. The maximum atomic E-state index is 11.5. The molecule has 0 spiro atoms. The molecule has 1 aromatic rings. The zero-order valence-electron chi connectivity index (χ0n) is 9.89. The topological polar surface area (TPSA) is 41.1 Å². The van der Waals surface area contributed by atoms with E-state index in [1.165, 1.54) is 0 Å². The number of carbonyl (C=O) groups excluding carboxylic acids is 1. The van der Waals surface area contributed by atoms with E-state index in [2.05, 4.69) is 10.6 Å². The van der Waals surface area contributed by atoms with Crippen LogP contribution in [-0.4, -0.2) is 18.5 Å². The Morgan fingerprint density at radius 2 is 2.12 bits per heavy atom. The van der Waals surface area contributed by atoms with Crippen molar-refractivity contribution in [2.45, 2.75) is 26.4 Å². The summed E-state index contributed by atoms with van der Waals surface area (Å²) >= 11 is 11.9. The molecule has 0 bridgehead atoms. The highest BCUT2D eigenvalue weighted by Gasteiger charge is 2.12. The van der Waals surface area contributed by atoms with Crippen molar-refractivity contribution in [3.8, 4) is 0 Å². The lowest BCUT2D eigenvalue weighted by Crippen LogP contribution is -2.41. The lowest BCUT2D eigenvalue weighted by Gasteiger charge is -2.14. The van der Waals surface area contributed by atoms with Gasteiger partial charge in [-0.05, 0) is 25.5 Å². The monoisotopic (exact) mass is 274 g/mol. The molecule has 0 aliphatic carbocycles. The standard InChI is InChI=1S/C12H16Cl2N2O/c1-3-15-12(17)8(2)16-7-9-5-4-6-10(13)11(9)14/h4-6,8,16H,3,7H2,1-2H3,(H,15,17). The minimum absolute atomic E-state index is 0.0225. The second-order valence-electron chi connectivity index (χ2n) is 3.71. The molecule has 0 aliphatic heterocycles. The van der Waals surface area contributed by atoms with Crippen LogP contribution in [0.2, 0.25) is 10.0 Å². The molecule has 1 amide bonds. The number of nitrogens with one attached hydrogen (secondary N) is 2. The summed E-state index contributed by atoms with van der Waals surface area (Å²) in [5.41, 5.74) is 0.885. The van der Waals surface area contributed by atoms with E-state index in [4.69, 9.17) is 23.2 Å². The first kappa shape index (κ1) is 14.3. The van der Waals surface area contributed by atoms with Gasteiger partial charge in [-0.1, -0.05) is 35.3 Å². The lowest BCUT2D eigenvalue weighted by molar-refractivity contribution is -0.122. The van der Waals surface area contributed by atoms with Crippen molar-refractivity contribution in [2.24, 2.45) is 0 Å². The summed E-state index contributed by atoms with van der Waals surface area (Å²) in [5, 5.41) is 6.90. The Kier molecular flexibility index (Phi) is 5.75. The van der Waals surface area contributed by atoms with Gasteiger partial charge in [-0.15, -0.1) is 0 Å². The van der Waals surface area contributed by atoms with Crippen molar-refractivity contribution < 1.29 is 4.79 Å². The minimum atomic E-state index is -0.259. The maximum absolute atomic E-state index is 11.5. The third-order valence-corrected chi connectivity index (χ3v) is 3.23. The average molecular weight is 275 g/mol. The third kappa shape index (κ3) is 4.19. The molecule has 0 radical (unpaired) electrons. The van der Waals surface area contributed by atoms with E-state index in [-0.39, 0.29) is 11.9 Å². The molecule has 0 saturated heterocycles. The smallest absolute Gasteiger partial charge is 0.236 e. The second-order valence-corrected chi connectivity index (χ2v) is 4.50. The Hall–Kier alpha value is -0.770. The highest BCUT2D eigenvalue weighted by Crippen LogP contribution is 2.25. The van der Waals surface area contributed by atoms with Gasteiger partial charge in [0.25, 0.3) is 0 Å². The van der Waals surface area contributed by atoms with E-state index in [1.54, 1.807) is 6.07 Å². The normalized spacial score (nSPS) is 12.2. The highest BCUT2D eigenvalue weighted by molar-refractivity contribution is 6.42. The van der Waals surface area contributed by atoms with E-state index in [0.717, 1.165) is 5.56 Å². The second kappa shape index (κ2) is 6.84. The van der Waals surface area contributed by atoms with Gasteiger partial charge in [0, 0.05) is 13.1 Å². The molecule has 2 N–H and O–H groups in total. The van der Waals surface area contributed by atoms with E-state index in [0.29, 0.717) is 23.1 Å². The first-order valence-corrected chi connectivity index (χ1v) is 6.25. The van der Waals surface area contributed by atoms with Gasteiger partial charge in [-0.2, -0.15) is 0 Å². The minimum Gasteiger partial charge on any atom is -0.355 e. The summed E-state index contributed by atoms with van der Waals surface area (Å²) in [6.07, 6.45) is 0. The van der Waals surface area contributed by atoms with Gasteiger partial charge in [-0.25, -0.2) is 0 Å². The van der Waals surface area contributed by atoms with Crippen LogP contribution in [0.1, 0.15) is 19.4 Å². The maximum Gasteiger partial charge on any atom is 0.236 e. The Labute approximate surface area is 111 Å². The molecule has 0 aromatic heterocycles. The molecule has 1 rings (SSSR count). The van der Waals surface area contributed by atoms with Gasteiger partial charge >= 0.3 is 0 Å². The molecule has 5 heteroatoms. The first-order chi connectivity index (χ1) is 8.06. The molecule has 0 fully saturated rings. The molecule has 94 valence electrons. The molecule has 3 nitrogen and oxygen atoms in total. The van der Waals surface area contributed by atoms with E-state index in [1.807, 2.05) is 26.0 Å². The number of hydrogen-bond donors (Lipinski definition) is 2. The Morgan fingerprint density at radius 1 is 1.41 bits per heavy atom. The number of rotatable bonds is 5.